The molecule has 0 bridgehead atoms. The first-order valence-electron chi connectivity index (χ1n) is 6.90. The zero-order valence-electron chi connectivity index (χ0n) is 11.4. The van der Waals surface area contributed by atoms with Crippen molar-refractivity contribution in [2.75, 3.05) is 5.32 Å². The molecule has 1 saturated carbocycles. The summed E-state index contributed by atoms with van der Waals surface area (Å²) in [7, 11) is 0. The van der Waals surface area contributed by atoms with E-state index in [1.807, 2.05) is 24.3 Å². The van der Waals surface area contributed by atoms with Crippen LogP contribution in [-0.2, 0) is 0 Å². The van der Waals surface area contributed by atoms with Gasteiger partial charge in [0.25, 0.3) is 0 Å². The monoisotopic (exact) mass is 305 g/mol. The summed E-state index contributed by atoms with van der Waals surface area (Å²) in [6.45, 7) is 2.09. The second-order valence-electron chi connectivity index (χ2n) is 5.49. The van der Waals surface area contributed by atoms with Gasteiger partial charge in [0.15, 0.2) is 0 Å². The molecule has 0 unspecified atom stereocenters. The van der Waals surface area contributed by atoms with E-state index in [1.54, 1.807) is 0 Å². The number of halogens is 2. The van der Waals surface area contributed by atoms with Gasteiger partial charge in [0, 0.05) is 11.1 Å². The van der Waals surface area contributed by atoms with Gasteiger partial charge in [-0.2, -0.15) is 0 Å². The summed E-state index contributed by atoms with van der Waals surface area (Å²) in [5, 5.41) is 5.17. The standard InChI is InChI=1S/C17H17Cl2N/c1-11-3-2-4-16(19)17(11)20-15-9-13(10-15)12-5-7-14(18)8-6-12/h2-8,13,15,20H,9-10H2,1H3. The molecule has 0 saturated heterocycles. The van der Waals surface area contributed by atoms with Gasteiger partial charge in [-0.25, -0.2) is 0 Å². The van der Waals surface area contributed by atoms with Crippen molar-refractivity contribution in [3.8, 4) is 0 Å². The number of hydrogen-bond acceptors (Lipinski definition) is 1. The molecule has 0 aromatic heterocycles. The fourth-order valence-electron chi connectivity index (χ4n) is 2.76. The van der Waals surface area contributed by atoms with Crippen LogP contribution >= 0.6 is 23.2 Å². The fraction of sp³-hybridized carbons (Fsp3) is 0.294. The first-order valence-corrected chi connectivity index (χ1v) is 7.66. The SMILES string of the molecule is Cc1cccc(Cl)c1NC1CC(c2ccc(Cl)cc2)C1. The highest BCUT2D eigenvalue weighted by molar-refractivity contribution is 6.33. The van der Waals surface area contributed by atoms with Gasteiger partial charge in [-0.15, -0.1) is 0 Å². The smallest absolute Gasteiger partial charge is 0.0640 e. The lowest BCUT2D eigenvalue weighted by Crippen LogP contribution is -2.34. The Morgan fingerprint density at radius 1 is 1.00 bits per heavy atom. The minimum atomic E-state index is 0.509. The van der Waals surface area contributed by atoms with Crippen LogP contribution in [0.25, 0.3) is 0 Å². The van der Waals surface area contributed by atoms with Crippen molar-refractivity contribution >= 4 is 28.9 Å². The molecular weight excluding hydrogens is 289 g/mol. The number of hydrogen-bond donors (Lipinski definition) is 1. The zero-order chi connectivity index (χ0) is 14.1. The van der Waals surface area contributed by atoms with E-state index in [0.29, 0.717) is 12.0 Å². The molecule has 104 valence electrons. The maximum Gasteiger partial charge on any atom is 0.0640 e. The molecule has 0 aliphatic heterocycles. The number of aryl methyl sites for hydroxylation is 1. The Labute approximate surface area is 129 Å². The van der Waals surface area contributed by atoms with Gasteiger partial charge >= 0.3 is 0 Å². The number of rotatable bonds is 3. The van der Waals surface area contributed by atoms with Gasteiger partial charge in [0.05, 0.1) is 10.7 Å². The molecule has 2 aromatic carbocycles. The number of benzene rings is 2. The van der Waals surface area contributed by atoms with Crippen LogP contribution < -0.4 is 5.32 Å². The van der Waals surface area contributed by atoms with Crippen LogP contribution in [0, 0.1) is 6.92 Å². The molecule has 3 rings (SSSR count). The van der Waals surface area contributed by atoms with Crippen LogP contribution in [-0.4, -0.2) is 6.04 Å². The average molecular weight is 306 g/mol. The molecule has 0 amide bonds. The zero-order valence-corrected chi connectivity index (χ0v) is 12.9. The van der Waals surface area contributed by atoms with E-state index in [4.69, 9.17) is 23.2 Å². The van der Waals surface area contributed by atoms with Crippen molar-refractivity contribution in [1.29, 1.82) is 0 Å². The van der Waals surface area contributed by atoms with Crippen molar-refractivity contribution < 1.29 is 0 Å². The van der Waals surface area contributed by atoms with E-state index in [2.05, 4.69) is 30.4 Å². The van der Waals surface area contributed by atoms with E-state index in [0.717, 1.165) is 28.6 Å². The Morgan fingerprint density at radius 2 is 1.70 bits per heavy atom. The summed E-state index contributed by atoms with van der Waals surface area (Å²) >= 11 is 12.2. The predicted molar refractivity (Wildman–Crippen MR) is 87.0 cm³/mol. The average Bonchev–Trinajstić information content (AvgIpc) is 2.38. The van der Waals surface area contributed by atoms with Crippen molar-refractivity contribution in [2.24, 2.45) is 0 Å². The lowest BCUT2D eigenvalue weighted by molar-refractivity contribution is 0.374. The Morgan fingerprint density at radius 3 is 2.35 bits per heavy atom. The minimum absolute atomic E-state index is 0.509. The fourth-order valence-corrected chi connectivity index (χ4v) is 3.16. The van der Waals surface area contributed by atoms with Crippen LogP contribution in [0.4, 0.5) is 5.69 Å². The number of nitrogens with one attached hydrogen (secondary N) is 1. The molecule has 2 aromatic rings. The summed E-state index contributed by atoms with van der Waals surface area (Å²) < 4.78 is 0. The van der Waals surface area contributed by atoms with Gasteiger partial charge in [-0.1, -0.05) is 47.5 Å². The third-order valence-corrected chi connectivity index (χ3v) is 4.62. The third-order valence-electron chi connectivity index (χ3n) is 4.05. The molecule has 0 atom stereocenters. The second-order valence-corrected chi connectivity index (χ2v) is 6.34. The van der Waals surface area contributed by atoms with E-state index in [1.165, 1.54) is 11.1 Å². The molecular formula is C17H17Cl2N. The van der Waals surface area contributed by atoms with Gasteiger partial charge in [-0.05, 0) is 55.0 Å². The quantitative estimate of drug-likeness (QED) is 0.771. The largest absolute Gasteiger partial charge is 0.381 e. The molecule has 0 radical (unpaired) electrons. The maximum atomic E-state index is 6.25. The number of para-hydroxylation sites is 1. The second kappa shape index (κ2) is 5.67. The molecule has 0 heterocycles. The normalized spacial score (nSPS) is 21.4. The highest BCUT2D eigenvalue weighted by Gasteiger charge is 2.30. The molecule has 0 spiro atoms. The van der Waals surface area contributed by atoms with Gasteiger partial charge in [0.1, 0.15) is 0 Å². The predicted octanol–water partition coefficient (Wildman–Crippen LogP) is 5.66. The van der Waals surface area contributed by atoms with Crippen molar-refractivity contribution in [3.63, 3.8) is 0 Å². The van der Waals surface area contributed by atoms with Crippen molar-refractivity contribution in [1.82, 2.24) is 0 Å². The van der Waals surface area contributed by atoms with E-state index >= 15 is 0 Å². The molecule has 1 aliphatic rings. The van der Waals surface area contributed by atoms with Crippen LogP contribution in [0.2, 0.25) is 10.0 Å². The topological polar surface area (TPSA) is 12.0 Å². The molecule has 1 aliphatic carbocycles. The van der Waals surface area contributed by atoms with Crippen LogP contribution in [0.5, 0.6) is 0 Å². The summed E-state index contributed by atoms with van der Waals surface area (Å²) in [6, 6.07) is 14.7. The maximum absolute atomic E-state index is 6.25. The summed E-state index contributed by atoms with van der Waals surface area (Å²) in [5.74, 6) is 0.632. The molecule has 20 heavy (non-hydrogen) atoms. The third kappa shape index (κ3) is 2.79. The first-order chi connectivity index (χ1) is 9.63. The Bertz CT molecular complexity index is 581. The van der Waals surface area contributed by atoms with Gasteiger partial charge in [-0.3, -0.25) is 0 Å². The summed E-state index contributed by atoms with van der Waals surface area (Å²) in [5.41, 5.74) is 3.66. The summed E-state index contributed by atoms with van der Waals surface area (Å²) in [4.78, 5) is 0. The Hall–Kier alpha value is -1.18. The van der Waals surface area contributed by atoms with Crippen molar-refractivity contribution in [2.45, 2.75) is 31.7 Å². The lowest BCUT2D eigenvalue weighted by atomic mass is 9.76. The van der Waals surface area contributed by atoms with Crippen LogP contribution in [0.1, 0.15) is 29.9 Å². The Balaban J connectivity index is 1.62. The molecule has 1 nitrogen and oxygen atoms in total. The summed E-state index contributed by atoms with van der Waals surface area (Å²) in [6.07, 6.45) is 2.29. The Kier molecular flexibility index (Phi) is 3.91. The van der Waals surface area contributed by atoms with E-state index in [-0.39, 0.29) is 0 Å². The van der Waals surface area contributed by atoms with Crippen LogP contribution in [0.3, 0.4) is 0 Å². The van der Waals surface area contributed by atoms with E-state index in [9.17, 15) is 0 Å². The van der Waals surface area contributed by atoms with E-state index < -0.39 is 0 Å². The van der Waals surface area contributed by atoms with Gasteiger partial charge in [0.2, 0.25) is 0 Å². The highest BCUT2D eigenvalue weighted by atomic mass is 35.5. The highest BCUT2D eigenvalue weighted by Crippen LogP contribution is 2.40. The van der Waals surface area contributed by atoms with Crippen molar-refractivity contribution in [3.05, 3.63) is 63.6 Å². The number of anilines is 1. The molecule has 1 fully saturated rings. The van der Waals surface area contributed by atoms with Gasteiger partial charge < -0.3 is 5.32 Å². The first kappa shape index (κ1) is 13.8. The van der Waals surface area contributed by atoms with Crippen LogP contribution in [0.15, 0.2) is 42.5 Å². The molecule has 1 N–H and O–H groups in total. The minimum Gasteiger partial charge on any atom is -0.381 e. The lowest BCUT2D eigenvalue weighted by Gasteiger charge is -2.37. The molecule has 3 heteroatoms.